The summed E-state index contributed by atoms with van der Waals surface area (Å²) in [5, 5.41) is 0. The maximum absolute atomic E-state index is 12.8. The molecule has 0 aliphatic carbocycles. The first-order valence-electron chi connectivity index (χ1n) is 9.81. The Morgan fingerprint density at radius 1 is 1.24 bits per heavy atom. The molecule has 2 aliphatic heterocycles. The van der Waals surface area contributed by atoms with Crippen LogP contribution in [-0.4, -0.2) is 69.7 Å². The number of amides is 1. The molecule has 9 heteroatoms. The number of H-pyrrole nitrogens is 1. The van der Waals surface area contributed by atoms with E-state index in [0.717, 1.165) is 19.4 Å². The Balaban J connectivity index is 1.63. The molecule has 0 spiro atoms. The van der Waals surface area contributed by atoms with E-state index in [0.29, 0.717) is 48.0 Å². The molecule has 3 aromatic rings. The number of aromatic nitrogens is 4. The van der Waals surface area contributed by atoms with Crippen molar-refractivity contribution >= 4 is 22.9 Å². The van der Waals surface area contributed by atoms with Gasteiger partial charge in [0.2, 0.25) is 0 Å². The standard InChI is InChI=1S/C20H22N6O3/c1-24-9-10-25(12-13-4-3-11-29-13)18-14(19(24)27)6-7-16(22-18)26-15-5-2-8-21-17(15)23-20(26)28/h2,5-8,13H,3-4,9-12H2,1H3,(H,21,23,28). The minimum Gasteiger partial charge on any atom is -0.376 e. The minimum absolute atomic E-state index is 0.0677. The van der Waals surface area contributed by atoms with Crippen molar-refractivity contribution in [2.75, 3.05) is 38.2 Å². The molecule has 9 nitrogen and oxygen atoms in total. The Bertz CT molecular complexity index is 1130. The van der Waals surface area contributed by atoms with Gasteiger partial charge < -0.3 is 14.5 Å². The highest BCUT2D eigenvalue weighted by Crippen LogP contribution is 2.26. The number of hydrogen-bond donors (Lipinski definition) is 1. The van der Waals surface area contributed by atoms with E-state index in [9.17, 15) is 9.59 Å². The van der Waals surface area contributed by atoms with Crippen molar-refractivity contribution in [1.82, 2.24) is 24.4 Å². The van der Waals surface area contributed by atoms with Gasteiger partial charge >= 0.3 is 5.69 Å². The maximum Gasteiger partial charge on any atom is 0.333 e. The van der Waals surface area contributed by atoms with Crippen LogP contribution in [0.5, 0.6) is 0 Å². The number of pyridine rings is 2. The zero-order chi connectivity index (χ0) is 20.0. The molecule has 0 aromatic carbocycles. The third-order valence-corrected chi connectivity index (χ3v) is 5.58. The van der Waals surface area contributed by atoms with Crippen molar-refractivity contribution in [2.24, 2.45) is 0 Å². The fourth-order valence-corrected chi connectivity index (χ4v) is 4.03. The summed E-state index contributed by atoms with van der Waals surface area (Å²) in [6.07, 6.45) is 3.82. The van der Waals surface area contributed by atoms with E-state index in [1.165, 1.54) is 4.57 Å². The van der Waals surface area contributed by atoms with Crippen LogP contribution in [0.3, 0.4) is 0 Å². The monoisotopic (exact) mass is 394 g/mol. The van der Waals surface area contributed by atoms with E-state index >= 15 is 0 Å². The van der Waals surface area contributed by atoms with Gasteiger partial charge in [-0.3, -0.25) is 9.78 Å². The number of hydrogen-bond acceptors (Lipinski definition) is 6. The maximum atomic E-state index is 12.8. The minimum atomic E-state index is -0.311. The summed E-state index contributed by atoms with van der Waals surface area (Å²) in [4.78, 5) is 40.9. The molecule has 2 aliphatic rings. The Morgan fingerprint density at radius 2 is 2.14 bits per heavy atom. The highest BCUT2D eigenvalue weighted by Gasteiger charge is 2.29. The van der Waals surface area contributed by atoms with Gasteiger partial charge in [-0.2, -0.15) is 0 Å². The van der Waals surface area contributed by atoms with E-state index in [-0.39, 0.29) is 17.7 Å². The lowest BCUT2D eigenvalue weighted by Gasteiger charge is -2.26. The second-order valence-electron chi connectivity index (χ2n) is 7.49. The average Bonchev–Trinajstić information content (AvgIpc) is 3.33. The molecule has 1 amide bonds. The molecule has 29 heavy (non-hydrogen) atoms. The van der Waals surface area contributed by atoms with E-state index in [4.69, 9.17) is 9.72 Å². The van der Waals surface area contributed by atoms with E-state index < -0.39 is 0 Å². The number of rotatable bonds is 3. The summed E-state index contributed by atoms with van der Waals surface area (Å²) in [6, 6.07) is 7.06. The van der Waals surface area contributed by atoms with Crippen molar-refractivity contribution in [1.29, 1.82) is 0 Å². The summed E-state index contributed by atoms with van der Waals surface area (Å²) >= 11 is 0. The summed E-state index contributed by atoms with van der Waals surface area (Å²) in [5.41, 5.74) is 1.38. The predicted octanol–water partition coefficient (Wildman–Crippen LogP) is 1.18. The van der Waals surface area contributed by atoms with Gasteiger partial charge in [-0.15, -0.1) is 0 Å². The molecule has 1 unspecified atom stereocenters. The number of nitrogens with one attached hydrogen (secondary N) is 1. The molecule has 0 bridgehead atoms. The molecule has 1 fully saturated rings. The van der Waals surface area contributed by atoms with Crippen LogP contribution in [0.4, 0.5) is 5.82 Å². The number of nitrogens with zero attached hydrogens (tertiary/aromatic N) is 5. The first kappa shape index (κ1) is 17.9. The molecule has 150 valence electrons. The number of imidazole rings is 1. The van der Waals surface area contributed by atoms with Crippen molar-refractivity contribution in [3.05, 3.63) is 46.5 Å². The van der Waals surface area contributed by atoms with Gasteiger partial charge in [0.05, 0.1) is 17.2 Å². The second-order valence-corrected chi connectivity index (χ2v) is 7.49. The highest BCUT2D eigenvalue weighted by molar-refractivity contribution is 5.99. The number of ether oxygens (including phenoxy) is 1. The normalized spacial score (nSPS) is 19.6. The molecule has 1 saturated heterocycles. The van der Waals surface area contributed by atoms with Crippen LogP contribution in [0.2, 0.25) is 0 Å². The summed E-state index contributed by atoms with van der Waals surface area (Å²) in [6.45, 7) is 2.72. The van der Waals surface area contributed by atoms with Crippen LogP contribution in [0, 0.1) is 0 Å². The van der Waals surface area contributed by atoms with Gasteiger partial charge in [0.15, 0.2) is 5.65 Å². The van der Waals surface area contributed by atoms with Gasteiger partial charge in [0.25, 0.3) is 5.91 Å². The second kappa shape index (κ2) is 7.00. The highest BCUT2D eigenvalue weighted by atomic mass is 16.5. The number of carbonyl (C=O) groups excluding carboxylic acids is 1. The number of fused-ring (bicyclic) bond motifs is 2. The largest absolute Gasteiger partial charge is 0.376 e. The zero-order valence-corrected chi connectivity index (χ0v) is 16.2. The Labute approximate surface area is 166 Å². The van der Waals surface area contributed by atoms with Crippen molar-refractivity contribution < 1.29 is 9.53 Å². The summed E-state index contributed by atoms with van der Waals surface area (Å²) in [7, 11) is 1.80. The average molecular weight is 394 g/mol. The topological polar surface area (TPSA) is 96.3 Å². The molecule has 5 heterocycles. The first-order chi connectivity index (χ1) is 14.1. The third-order valence-electron chi connectivity index (χ3n) is 5.58. The summed E-state index contributed by atoms with van der Waals surface area (Å²) < 4.78 is 7.30. The van der Waals surface area contributed by atoms with Crippen molar-refractivity contribution in [2.45, 2.75) is 18.9 Å². The van der Waals surface area contributed by atoms with Gasteiger partial charge in [0, 0.05) is 39.5 Å². The van der Waals surface area contributed by atoms with Crippen LogP contribution in [0.1, 0.15) is 23.2 Å². The molecular formula is C20H22N6O3. The lowest BCUT2D eigenvalue weighted by molar-refractivity contribution is 0.0804. The van der Waals surface area contributed by atoms with Crippen molar-refractivity contribution in [3.8, 4) is 5.82 Å². The molecular weight excluding hydrogens is 372 g/mol. The zero-order valence-electron chi connectivity index (χ0n) is 16.2. The fraction of sp³-hybridized carbons (Fsp3) is 0.400. The van der Waals surface area contributed by atoms with Crippen LogP contribution in [0.15, 0.2) is 35.3 Å². The van der Waals surface area contributed by atoms with Crippen LogP contribution in [-0.2, 0) is 4.74 Å². The molecule has 5 rings (SSSR count). The predicted molar refractivity (Wildman–Crippen MR) is 108 cm³/mol. The molecule has 1 N–H and O–H groups in total. The SMILES string of the molecule is CN1CCN(CC2CCCO2)c2nc(-n3c(=O)[nH]c4ncccc43)ccc2C1=O. The lowest BCUT2D eigenvalue weighted by atomic mass is 10.2. The van der Waals surface area contributed by atoms with E-state index in [1.54, 1.807) is 36.3 Å². The smallest absolute Gasteiger partial charge is 0.333 e. The quantitative estimate of drug-likeness (QED) is 0.717. The Morgan fingerprint density at radius 3 is 2.97 bits per heavy atom. The molecule has 3 aromatic heterocycles. The number of anilines is 1. The fourth-order valence-electron chi connectivity index (χ4n) is 4.03. The van der Waals surface area contributed by atoms with Crippen molar-refractivity contribution in [3.63, 3.8) is 0 Å². The summed E-state index contributed by atoms with van der Waals surface area (Å²) in [5.74, 6) is 0.988. The molecule has 0 saturated carbocycles. The number of likely N-dealkylation sites (N-methyl/N-ethyl adjacent to an activating group) is 1. The first-order valence-corrected chi connectivity index (χ1v) is 9.81. The molecule has 0 radical (unpaired) electrons. The number of aromatic amines is 1. The molecule has 1 atom stereocenters. The Kier molecular flexibility index (Phi) is 4.31. The third kappa shape index (κ3) is 3.07. The number of carbonyl (C=O) groups is 1. The van der Waals surface area contributed by atoms with Crippen LogP contribution < -0.4 is 10.6 Å². The van der Waals surface area contributed by atoms with E-state index in [1.807, 2.05) is 6.07 Å². The van der Waals surface area contributed by atoms with E-state index in [2.05, 4.69) is 14.9 Å². The lowest BCUT2D eigenvalue weighted by Crippen LogP contribution is -2.36. The van der Waals surface area contributed by atoms with Crippen LogP contribution >= 0.6 is 0 Å². The Hall–Kier alpha value is -3.20. The van der Waals surface area contributed by atoms with Gasteiger partial charge in [-0.05, 0) is 37.1 Å². The van der Waals surface area contributed by atoms with Gasteiger partial charge in [0.1, 0.15) is 11.6 Å². The van der Waals surface area contributed by atoms with Crippen LogP contribution in [0.25, 0.3) is 17.0 Å². The van der Waals surface area contributed by atoms with Gasteiger partial charge in [-0.25, -0.2) is 19.3 Å². The van der Waals surface area contributed by atoms with Gasteiger partial charge in [-0.1, -0.05) is 0 Å².